The molecule has 2 N–H and O–H groups in total. The molecule has 0 unspecified atom stereocenters. The van der Waals surface area contributed by atoms with Crippen LogP contribution in [0.2, 0.25) is 5.02 Å². The molecule has 2 aliphatic rings. The molecule has 1 heterocycles. The van der Waals surface area contributed by atoms with E-state index in [1.807, 2.05) is 6.92 Å². The standard InChI is InChI=1S/C18H22ClN3O4/c1-11-5-3-4-8-18(11)16(24)22(17(25)21-18)10-15(23)20-13-9-12(19)6-7-14(13)26-2/h6-7,9,11H,3-5,8,10H2,1-2H3,(H,20,23)(H,21,25)/t11-,18-/m0/s1. The molecule has 26 heavy (non-hydrogen) atoms. The van der Waals surface area contributed by atoms with E-state index in [0.717, 1.165) is 24.2 Å². The Kier molecular flexibility index (Phi) is 5.09. The fraction of sp³-hybridized carbons (Fsp3) is 0.500. The van der Waals surface area contributed by atoms with Gasteiger partial charge in [-0.2, -0.15) is 0 Å². The highest BCUT2D eigenvalue weighted by Crippen LogP contribution is 2.38. The number of urea groups is 1. The number of nitrogens with zero attached hydrogens (tertiary/aromatic N) is 1. The largest absolute Gasteiger partial charge is 0.495 e. The third kappa shape index (κ3) is 3.23. The molecule has 3 rings (SSSR count). The minimum atomic E-state index is -0.872. The Balaban J connectivity index is 1.73. The predicted molar refractivity (Wildman–Crippen MR) is 97.2 cm³/mol. The summed E-state index contributed by atoms with van der Waals surface area (Å²) in [5, 5.41) is 5.92. The van der Waals surface area contributed by atoms with Crippen LogP contribution in [0.1, 0.15) is 32.6 Å². The number of imide groups is 1. The number of ether oxygens (including phenoxy) is 1. The van der Waals surface area contributed by atoms with Crippen LogP contribution in [0.15, 0.2) is 18.2 Å². The maximum Gasteiger partial charge on any atom is 0.325 e. The van der Waals surface area contributed by atoms with E-state index >= 15 is 0 Å². The summed E-state index contributed by atoms with van der Waals surface area (Å²) in [5.74, 6) is -0.316. The molecule has 2 atom stereocenters. The van der Waals surface area contributed by atoms with Crippen molar-refractivity contribution in [3.63, 3.8) is 0 Å². The Morgan fingerprint density at radius 2 is 2.19 bits per heavy atom. The highest BCUT2D eigenvalue weighted by molar-refractivity contribution is 6.31. The van der Waals surface area contributed by atoms with Gasteiger partial charge in [0.2, 0.25) is 5.91 Å². The zero-order chi connectivity index (χ0) is 18.9. The van der Waals surface area contributed by atoms with Gasteiger partial charge in [0.15, 0.2) is 0 Å². The first kappa shape index (κ1) is 18.5. The van der Waals surface area contributed by atoms with Crippen molar-refractivity contribution >= 4 is 35.1 Å². The molecule has 1 spiro atoms. The van der Waals surface area contributed by atoms with Gasteiger partial charge in [0.1, 0.15) is 17.8 Å². The fourth-order valence-corrected chi connectivity index (χ4v) is 3.92. The van der Waals surface area contributed by atoms with E-state index in [9.17, 15) is 14.4 Å². The van der Waals surface area contributed by atoms with Gasteiger partial charge in [-0.15, -0.1) is 0 Å². The molecule has 0 aromatic heterocycles. The van der Waals surface area contributed by atoms with E-state index in [2.05, 4.69) is 10.6 Å². The number of carbonyl (C=O) groups is 3. The summed E-state index contributed by atoms with van der Waals surface area (Å²) in [6.45, 7) is 1.62. The second kappa shape index (κ2) is 7.15. The number of anilines is 1. The number of methoxy groups -OCH3 is 1. The molecule has 1 aliphatic carbocycles. The van der Waals surface area contributed by atoms with E-state index in [-0.39, 0.29) is 18.4 Å². The van der Waals surface area contributed by atoms with Gasteiger partial charge in [0.05, 0.1) is 12.8 Å². The third-order valence-electron chi connectivity index (χ3n) is 5.24. The first-order valence-electron chi connectivity index (χ1n) is 8.65. The summed E-state index contributed by atoms with van der Waals surface area (Å²) in [5.41, 5.74) is -0.485. The van der Waals surface area contributed by atoms with Gasteiger partial charge < -0.3 is 15.4 Å². The minimum absolute atomic E-state index is 0.0498. The Labute approximate surface area is 157 Å². The number of hydrogen-bond acceptors (Lipinski definition) is 4. The topological polar surface area (TPSA) is 87.7 Å². The van der Waals surface area contributed by atoms with Crippen molar-refractivity contribution in [3.05, 3.63) is 23.2 Å². The summed E-state index contributed by atoms with van der Waals surface area (Å²) in [6, 6.07) is 4.30. The summed E-state index contributed by atoms with van der Waals surface area (Å²) in [6.07, 6.45) is 3.42. The van der Waals surface area contributed by atoms with Gasteiger partial charge in [-0.25, -0.2) is 4.79 Å². The highest BCUT2D eigenvalue weighted by Gasteiger charge is 2.55. The number of halogens is 1. The minimum Gasteiger partial charge on any atom is -0.495 e. The second-order valence-electron chi connectivity index (χ2n) is 6.83. The van der Waals surface area contributed by atoms with Crippen molar-refractivity contribution in [1.82, 2.24) is 10.2 Å². The summed E-state index contributed by atoms with van der Waals surface area (Å²) in [4.78, 5) is 38.6. The Bertz CT molecular complexity index is 754. The van der Waals surface area contributed by atoms with Gasteiger partial charge in [-0.3, -0.25) is 14.5 Å². The van der Waals surface area contributed by atoms with Gasteiger partial charge in [-0.1, -0.05) is 31.4 Å². The molecule has 0 radical (unpaired) electrons. The van der Waals surface area contributed by atoms with Crippen LogP contribution in [0.4, 0.5) is 10.5 Å². The molecule has 1 aliphatic heterocycles. The molecular weight excluding hydrogens is 358 g/mol. The number of carbonyl (C=O) groups excluding carboxylic acids is 3. The average molecular weight is 380 g/mol. The van der Waals surface area contributed by atoms with Crippen LogP contribution in [0.5, 0.6) is 5.75 Å². The average Bonchev–Trinajstić information content (AvgIpc) is 2.83. The molecule has 1 saturated heterocycles. The van der Waals surface area contributed by atoms with E-state index < -0.39 is 17.5 Å². The number of benzene rings is 1. The lowest BCUT2D eigenvalue weighted by Crippen LogP contribution is -2.54. The maximum absolute atomic E-state index is 12.9. The zero-order valence-electron chi connectivity index (χ0n) is 14.8. The molecule has 0 bridgehead atoms. The lowest BCUT2D eigenvalue weighted by molar-refractivity contribution is -0.136. The molecule has 7 nitrogen and oxygen atoms in total. The second-order valence-corrected chi connectivity index (χ2v) is 7.27. The smallest absolute Gasteiger partial charge is 0.325 e. The van der Waals surface area contributed by atoms with Crippen LogP contribution in [-0.4, -0.2) is 41.9 Å². The van der Waals surface area contributed by atoms with Crippen LogP contribution < -0.4 is 15.4 Å². The molecule has 8 heteroatoms. The van der Waals surface area contributed by atoms with Gasteiger partial charge >= 0.3 is 6.03 Å². The van der Waals surface area contributed by atoms with Crippen molar-refractivity contribution in [2.24, 2.45) is 5.92 Å². The first-order valence-corrected chi connectivity index (χ1v) is 9.02. The van der Waals surface area contributed by atoms with Gasteiger partial charge in [-0.05, 0) is 37.0 Å². The van der Waals surface area contributed by atoms with Crippen LogP contribution >= 0.6 is 11.6 Å². The Morgan fingerprint density at radius 3 is 2.88 bits per heavy atom. The number of rotatable bonds is 4. The van der Waals surface area contributed by atoms with E-state index in [4.69, 9.17) is 16.3 Å². The summed E-state index contributed by atoms with van der Waals surface area (Å²) >= 11 is 5.95. The molecule has 2 fully saturated rings. The molecule has 4 amide bonds. The van der Waals surface area contributed by atoms with Crippen molar-refractivity contribution in [3.8, 4) is 5.75 Å². The van der Waals surface area contributed by atoms with Crippen molar-refractivity contribution in [2.45, 2.75) is 38.1 Å². The molecule has 1 aromatic rings. The first-order chi connectivity index (χ1) is 12.4. The summed E-state index contributed by atoms with van der Waals surface area (Å²) < 4.78 is 5.18. The summed E-state index contributed by atoms with van der Waals surface area (Å²) in [7, 11) is 1.48. The number of hydrogen-bond donors (Lipinski definition) is 2. The van der Waals surface area contributed by atoms with Gasteiger partial charge in [0, 0.05) is 5.02 Å². The van der Waals surface area contributed by atoms with Crippen molar-refractivity contribution < 1.29 is 19.1 Å². The lowest BCUT2D eigenvalue weighted by Gasteiger charge is -2.36. The van der Waals surface area contributed by atoms with Gasteiger partial charge in [0.25, 0.3) is 5.91 Å². The SMILES string of the molecule is COc1ccc(Cl)cc1NC(=O)CN1C(=O)N[C@]2(CCCC[C@@H]2C)C1=O. The van der Waals surface area contributed by atoms with E-state index in [1.165, 1.54) is 7.11 Å². The quantitative estimate of drug-likeness (QED) is 0.787. The predicted octanol–water partition coefficient (Wildman–Crippen LogP) is 2.79. The Morgan fingerprint density at radius 1 is 1.42 bits per heavy atom. The zero-order valence-corrected chi connectivity index (χ0v) is 15.6. The van der Waals surface area contributed by atoms with Crippen LogP contribution in [0.3, 0.4) is 0 Å². The van der Waals surface area contributed by atoms with Crippen molar-refractivity contribution in [2.75, 3.05) is 19.0 Å². The normalized spacial score (nSPS) is 25.3. The fourth-order valence-electron chi connectivity index (χ4n) is 3.75. The van der Waals surface area contributed by atoms with E-state index in [0.29, 0.717) is 22.9 Å². The highest BCUT2D eigenvalue weighted by atomic mass is 35.5. The molecule has 1 saturated carbocycles. The lowest BCUT2D eigenvalue weighted by atomic mass is 9.73. The third-order valence-corrected chi connectivity index (χ3v) is 5.47. The monoisotopic (exact) mass is 379 g/mol. The van der Waals surface area contributed by atoms with Crippen LogP contribution in [0.25, 0.3) is 0 Å². The van der Waals surface area contributed by atoms with Crippen LogP contribution in [-0.2, 0) is 9.59 Å². The Hall–Kier alpha value is -2.28. The molecular formula is C18H22ClN3O4. The van der Waals surface area contributed by atoms with Crippen molar-refractivity contribution in [1.29, 1.82) is 0 Å². The van der Waals surface area contributed by atoms with Crippen LogP contribution in [0, 0.1) is 5.92 Å². The molecule has 140 valence electrons. The van der Waals surface area contributed by atoms with E-state index in [1.54, 1.807) is 18.2 Å². The number of nitrogens with one attached hydrogen (secondary N) is 2. The number of amides is 4. The molecule has 1 aromatic carbocycles. The maximum atomic E-state index is 12.9.